The number of amides is 1. The number of carbonyl (C=O) groups is 1. The molecule has 1 amide bonds. The van der Waals surface area contributed by atoms with Crippen molar-refractivity contribution in [3.8, 4) is 0 Å². The third kappa shape index (κ3) is 4.91. The van der Waals surface area contributed by atoms with Gasteiger partial charge in [0.15, 0.2) is 0 Å². The number of hydrogen-bond donors (Lipinski definition) is 1. The molecule has 12 heavy (non-hydrogen) atoms. The first kappa shape index (κ1) is 11.2. The molecule has 0 bridgehead atoms. The molecule has 70 valence electrons. The van der Waals surface area contributed by atoms with Gasteiger partial charge in [-0.3, -0.25) is 4.79 Å². The summed E-state index contributed by atoms with van der Waals surface area (Å²) >= 11 is 0. The van der Waals surface area contributed by atoms with E-state index < -0.39 is 0 Å². The lowest BCUT2D eigenvalue weighted by Crippen LogP contribution is -2.23. The number of rotatable bonds is 5. The van der Waals surface area contributed by atoms with Gasteiger partial charge in [0.1, 0.15) is 0 Å². The second-order valence-corrected chi connectivity index (χ2v) is 2.50. The largest absolute Gasteiger partial charge is 0.356 e. The minimum Gasteiger partial charge on any atom is -0.356 e. The minimum atomic E-state index is -0.0397. The molecule has 0 fully saturated rings. The molecule has 0 unspecified atom stereocenters. The van der Waals surface area contributed by atoms with Gasteiger partial charge in [0, 0.05) is 19.7 Å². The summed E-state index contributed by atoms with van der Waals surface area (Å²) in [5.74, 6) is -0.0397. The second kappa shape index (κ2) is 6.85. The van der Waals surface area contributed by atoms with Crippen LogP contribution in [-0.2, 0) is 4.79 Å². The summed E-state index contributed by atoms with van der Waals surface area (Å²) < 4.78 is 0. The van der Waals surface area contributed by atoms with Crippen molar-refractivity contribution in [1.82, 2.24) is 10.2 Å². The Bertz CT molecular complexity index is 151. The van der Waals surface area contributed by atoms with Crippen LogP contribution in [0.15, 0.2) is 12.2 Å². The maximum atomic E-state index is 10.8. The average Bonchev–Trinajstić information content (AvgIpc) is 2.12. The van der Waals surface area contributed by atoms with E-state index in [9.17, 15) is 4.79 Å². The van der Waals surface area contributed by atoms with Crippen molar-refractivity contribution >= 4 is 5.91 Å². The Kier molecular flexibility index (Phi) is 6.38. The van der Waals surface area contributed by atoms with Gasteiger partial charge in [0.2, 0.25) is 5.91 Å². The lowest BCUT2D eigenvalue weighted by atomic mass is 10.4. The Labute approximate surface area is 74.4 Å². The molecule has 1 N–H and O–H groups in total. The molecule has 0 aliphatic rings. The summed E-state index contributed by atoms with van der Waals surface area (Å²) in [7, 11) is 1.63. The van der Waals surface area contributed by atoms with Crippen LogP contribution in [0, 0.1) is 0 Å². The first-order valence-electron chi connectivity index (χ1n) is 4.35. The third-order valence-electron chi connectivity index (χ3n) is 1.77. The predicted molar refractivity (Wildman–Crippen MR) is 51.0 cm³/mol. The van der Waals surface area contributed by atoms with Crippen molar-refractivity contribution < 1.29 is 4.79 Å². The van der Waals surface area contributed by atoms with Gasteiger partial charge in [0.05, 0.1) is 0 Å². The van der Waals surface area contributed by atoms with E-state index in [4.69, 9.17) is 0 Å². The van der Waals surface area contributed by atoms with Crippen molar-refractivity contribution in [2.75, 3.05) is 26.7 Å². The SMILES string of the molecule is CCN(CC)CC=CC(=O)NC. The predicted octanol–water partition coefficient (Wildman–Crippen LogP) is 0.630. The van der Waals surface area contributed by atoms with Gasteiger partial charge in [0.25, 0.3) is 0 Å². The van der Waals surface area contributed by atoms with Gasteiger partial charge in [-0.05, 0) is 13.1 Å². The zero-order chi connectivity index (χ0) is 9.40. The number of likely N-dealkylation sites (N-methyl/N-ethyl adjacent to an activating group) is 2. The highest BCUT2D eigenvalue weighted by Gasteiger charge is 1.94. The fraction of sp³-hybridized carbons (Fsp3) is 0.667. The van der Waals surface area contributed by atoms with Gasteiger partial charge in [-0.1, -0.05) is 19.9 Å². The van der Waals surface area contributed by atoms with Crippen LogP contribution in [0.5, 0.6) is 0 Å². The maximum Gasteiger partial charge on any atom is 0.243 e. The topological polar surface area (TPSA) is 32.3 Å². The first-order valence-corrected chi connectivity index (χ1v) is 4.35. The summed E-state index contributed by atoms with van der Waals surface area (Å²) in [5, 5.41) is 2.53. The van der Waals surface area contributed by atoms with Crippen LogP contribution >= 0.6 is 0 Å². The molecule has 0 atom stereocenters. The smallest absolute Gasteiger partial charge is 0.243 e. The summed E-state index contributed by atoms with van der Waals surface area (Å²) in [4.78, 5) is 13.0. The van der Waals surface area contributed by atoms with E-state index in [0.717, 1.165) is 19.6 Å². The van der Waals surface area contributed by atoms with Gasteiger partial charge in [-0.2, -0.15) is 0 Å². The van der Waals surface area contributed by atoms with E-state index in [2.05, 4.69) is 24.1 Å². The van der Waals surface area contributed by atoms with Gasteiger partial charge in [-0.15, -0.1) is 0 Å². The highest BCUT2D eigenvalue weighted by atomic mass is 16.1. The average molecular weight is 170 g/mol. The lowest BCUT2D eigenvalue weighted by molar-refractivity contribution is -0.116. The molecular formula is C9H18N2O. The number of nitrogens with zero attached hydrogens (tertiary/aromatic N) is 1. The van der Waals surface area contributed by atoms with Crippen LogP contribution in [-0.4, -0.2) is 37.5 Å². The van der Waals surface area contributed by atoms with Crippen molar-refractivity contribution in [2.24, 2.45) is 0 Å². The highest BCUT2D eigenvalue weighted by Crippen LogP contribution is 1.86. The van der Waals surface area contributed by atoms with Crippen molar-refractivity contribution in [1.29, 1.82) is 0 Å². The molecule has 0 aliphatic carbocycles. The van der Waals surface area contributed by atoms with Crippen molar-refractivity contribution in [3.63, 3.8) is 0 Å². The van der Waals surface area contributed by atoms with E-state index in [1.807, 2.05) is 6.08 Å². The summed E-state index contributed by atoms with van der Waals surface area (Å²) in [6.45, 7) is 7.11. The molecule has 0 spiro atoms. The van der Waals surface area contributed by atoms with Crippen molar-refractivity contribution in [3.05, 3.63) is 12.2 Å². The van der Waals surface area contributed by atoms with E-state index in [-0.39, 0.29) is 5.91 Å². The van der Waals surface area contributed by atoms with Crippen LogP contribution in [0.3, 0.4) is 0 Å². The fourth-order valence-corrected chi connectivity index (χ4v) is 0.874. The quantitative estimate of drug-likeness (QED) is 0.614. The highest BCUT2D eigenvalue weighted by molar-refractivity contribution is 5.87. The Balaban J connectivity index is 3.64. The summed E-state index contributed by atoms with van der Waals surface area (Å²) in [6, 6.07) is 0. The van der Waals surface area contributed by atoms with Crippen LogP contribution in [0.4, 0.5) is 0 Å². The van der Waals surface area contributed by atoms with Crippen LogP contribution in [0.25, 0.3) is 0 Å². The number of hydrogen-bond acceptors (Lipinski definition) is 2. The van der Waals surface area contributed by atoms with E-state index in [1.54, 1.807) is 13.1 Å². The normalized spacial score (nSPS) is 11.0. The van der Waals surface area contributed by atoms with Gasteiger partial charge >= 0.3 is 0 Å². The molecule has 0 aromatic rings. The summed E-state index contributed by atoms with van der Waals surface area (Å²) in [6.07, 6.45) is 3.45. The molecule has 0 saturated carbocycles. The molecule has 0 heterocycles. The first-order chi connectivity index (χ1) is 5.74. The maximum absolute atomic E-state index is 10.8. The Morgan fingerprint density at radius 3 is 2.42 bits per heavy atom. The number of nitrogens with one attached hydrogen (secondary N) is 1. The lowest BCUT2D eigenvalue weighted by Gasteiger charge is -2.14. The molecule has 0 aromatic carbocycles. The zero-order valence-corrected chi connectivity index (χ0v) is 8.13. The monoisotopic (exact) mass is 170 g/mol. The molecule has 0 rings (SSSR count). The Morgan fingerprint density at radius 1 is 1.42 bits per heavy atom. The van der Waals surface area contributed by atoms with E-state index in [0.29, 0.717) is 0 Å². The van der Waals surface area contributed by atoms with Gasteiger partial charge in [-0.25, -0.2) is 0 Å². The molecule has 3 nitrogen and oxygen atoms in total. The van der Waals surface area contributed by atoms with Crippen LogP contribution in [0.1, 0.15) is 13.8 Å². The fourth-order valence-electron chi connectivity index (χ4n) is 0.874. The Morgan fingerprint density at radius 2 is 2.00 bits per heavy atom. The molecule has 0 aliphatic heterocycles. The Hall–Kier alpha value is -0.830. The molecular weight excluding hydrogens is 152 g/mol. The number of carbonyl (C=O) groups excluding carboxylic acids is 1. The standard InChI is InChI=1S/C9H18N2O/c1-4-11(5-2)8-6-7-9(12)10-3/h6-7H,4-5,8H2,1-3H3,(H,10,12). The molecule has 0 saturated heterocycles. The van der Waals surface area contributed by atoms with Crippen molar-refractivity contribution in [2.45, 2.75) is 13.8 Å². The second-order valence-electron chi connectivity index (χ2n) is 2.50. The van der Waals surface area contributed by atoms with Crippen LogP contribution < -0.4 is 5.32 Å². The molecule has 3 heteroatoms. The van der Waals surface area contributed by atoms with Crippen LogP contribution in [0.2, 0.25) is 0 Å². The van der Waals surface area contributed by atoms with E-state index in [1.165, 1.54) is 0 Å². The minimum absolute atomic E-state index is 0.0397. The molecule has 0 radical (unpaired) electrons. The molecule has 0 aromatic heterocycles. The van der Waals surface area contributed by atoms with E-state index >= 15 is 0 Å². The summed E-state index contributed by atoms with van der Waals surface area (Å²) in [5.41, 5.74) is 0. The van der Waals surface area contributed by atoms with Gasteiger partial charge < -0.3 is 10.2 Å². The zero-order valence-electron chi connectivity index (χ0n) is 8.13. The third-order valence-corrected chi connectivity index (χ3v) is 1.77.